The fraction of sp³-hybridized carbons (Fsp3) is 0.667. The molecule has 1 aromatic heterocycles. The summed E-state index contributed by atoms with van der Waals surface area (Å²) in [6.07, 6.45) is -0.183. The SMILES string of the molecule is OC[C@H]1CCCN(CCCNc2cc(C(F)(F)F)ccn2)C1. The number of aliphatic hydroxyl groups is 1. The molecule has 4 nitrogen and oxygen atoms in total. The maximum atomic E-state index is 12.6. The molecule has 2 N–H and O–H groups in total. The molecule has 0 aromatic carbocycles. The summed E-state index contributed by atoms with van der Waals surface area (Å²) >= 11 is 0. The summed E-state index contributed by atoms with van der Waals surface area (Å²) in [6.45, 7) is 3.61. The molecular weight excluding hydrogens is 295 g/mol. The highest BCUT2D eigenvalue weighted by Gasteiger charge is 2.30. The zero-order valence-electron chi connectivity index (χ0n) is 12.4. The van der Waals surface area contributed by atoms with Gasteiger partial charge in [-0.2, -0.15) is 13.2 Å². The predicted molar refractivity (Wildman–Crippen MR) is 78.6 cm³/mol. The van der Waals surface area contributed by atoms with Gasteiger partial charge in [0, 0.05) is 25.9 Å². The van der Waals surface area contributed by atoms with Crippen LogP contribution in [0.2, 0.25) is 0 Å². The highest BCUT2D eigenvalue weighted by Crippen LogP contribution is 2.29. The summed E-state index contributed by atoms with van der Waals surface area (Å²) in [6, 6.07) is 2.00. The van der Waals surface area contributed by atoms with E-state index in [4.69, 9.17) is 0 Å². The van der Waals surface area contributed by atoms with Gasteiger partial charge in [-0.05, 0) is 50.4 Å². The Balaban J connectivity index is 1.73. The number of hydrogen-bond acceptors (Lipinski definition) is 4. The van der Waals surface area contributed by atoms with Crippen molar-refractivity contribution in [2.24, 2.45) is 5.92 Å². The van der Waals surface area contributed by atoms with Crippen LogP contribution in [0.1, 0.15) is 24.8 Å². The second kappa shape index (κ2) is 7.78. The first-order valence-corrected chi connectivity index (χ1v) is 7.59. The Hall–Kier alpha value is -1.34. The van der Waals surface area contributed by atoms with Gasteiger partial charge in [-0.3, -0.25) is 0 Å². The summed E-state index contributed by atoms with van der Waals surface area (Å²) in [7, 11) is 0. The Morgan fingerprint density at radius 1 is 1.41 bits per heavy atom. The highest BCUT2D eigenvalue weighted by atomic mass is 19.4. The average molecular weight is 317 g/mol. The van der Waals surface area contributed by atoms with Crippen molar-refractivity contribution in [2.45, 2.75) is 25.4 Å². The van der Waals surface area contributed by atoms with Crippen LogP contribution in [-0.2, 0) is 6.18 Å². The molecule has 1 aromatic rings. The number of aromatic nitrogens is 1. The molecule has 0 aliphatic carbocycles. The van der Waals surface area contributed by atoms with Crippen molar-refractivity contribution < 1.29 is 18.3 Å². The Kier molecular flexibility index (Phi) is 6.02. The van der Waals surface area contributed by atoms with Crippen LogP contribution in [0.3, 0.4) is 0 Å². The number of alkyl halides is 3. The van der Waals surface area contributed by atoms with Crippen LogP contribution in [0.25, 0.3) is 0 Å². The van der Waals surface area contributed by atoms with Gasteiger partial charge >= 0.3 is 6.18 Å². The summed E-state index contributed by atoms with van der Waals surface area (Å²) in [5, 5.41) is 12.1. The standard InChI is InChI=1S/C15H22F3N3O/c16-15(17,18)13-4-6-20-14(9-13)19-5-2-8-21-7-1-3-12(10-21)11-22/h4,6,9,12,22H,1-3,5,7-8,10-11H2,(H,19,20)/t12-/m0/s1. The van der Waals surface area contributed by atoms with Gasteiger partial charge in [-0.15, -0.1) is 0 Å². The van der Waals surface area contributed by atoms with Crippen molar-refractivity contribution in [3.63, 3.8) is 0 Å². The van der Waals surface area contributed by atoms with Gasteiger partial charge < -0.3 is 15.3 Å². The molecule has 1 fully saturated rings. The number of hydrogen-bond donors (Lipinski definition) is 2. The topological polar surface area (TPSA) is 48.4 Å². The van der Waals surface area contributed by atoms with Gasteiger partial charge in [0.05, 0.1) is 5.56 Å². The molecule has 7 heteroatoms. The molecule has 0 saturated carbocycles. The second-order valence-electron chi connectivity index (χ2n) is 5.70. The molecule has 0 amide bonds. The number of likely N-dealkylation sites (tertiary alicyclic amines) is 1. The first-order valence-electron chi connectivity index (χ1n) is 7.59. The van der Waals surface area contributed by atoms with Crippen LogP contribution in [0.15, 0.2) is 18.3 Å². The second-order valence-corrected chi connectivity index (χ2v) is 5.70. The third-order valence-electron chi connectivity index (χ3n) is 3.91. The Morgan fingerprint density at radius 2 is 2.23 bits per heavy atom. The number of rotatable bonds is 6. The molecule has 1 saturated heterocycles. The van der Waals surface area contributed by atoms with E-state index in [0.29, 0.717) is 12.5 Å². The molecule has 2 heterocycles. The van der Waals surface area contributed by atoms with Crippen molar-refractivity contribution in [2.75, 3.05) is 38.1 Å². The van der Waals surface area contributed by atoms with Crippen LogP contribution in [-0.4, -0.2) is 47.8 Å². The van der Waals surface area contributed by atoms with E-state index in [1.165, 1.54) is 6.20 Å². The molecule has 0 radical (unpaired) electrons. The van der Waals surface area contributed by atoms with E-state index in [9.17, 15) is 18.3 Å². The summed E-state index contributed by atoms with van der Waals surface area (Å²) in [5.74, 6) is 0.605. The van der Waals surface area contributed by atoms with Crippen molar-refractivity contribution >= 4 is 5.82 Å². The van der Waals surface area contributed by atoms with Crippen molar-refractivity contribution in [1.29, 1.82) is 0 Å². The number of aliphatic hydroxyl groups excluding tert-OH is 1. The lowest BCUT2D eigenvalue weighted by molar-refractivity contribution is -0.137. The number of nitrogens with zero attached hydrogens (tertiary/aromatic N) is 2. The van der Waals surface area contributed by atoms with E-state index >= 15 is 0 Å². The molecule has 0 spiro atoms. The number of halogens is 3. The highest BCUT2D eigenvalue weighted by molar-refractivity contribution is 5.38. The van der Waals surface area contributed by atoms with Gasteiger partial charge in [-0.1, -0.05) is 0 Å². The fourth-order valence-electron chi connectivity index (χ4n) is 2.73. The van der Waals surface area contributed by atoms with E-state index in [1.807, 2.05) is 0 Å². The van der Waals surface area contributed by atoms with Crippen LogP contribution in [0, 0.1) is 5.92 Å². The molecule has 2 rings (SSSR count). The first kappa shape index (κ1) is 17.0. The lowest BCUT2D eigenvalue weighted by atomic mass is 9.99. The third-order valence-corrected chi connectivity index (χ3v) is 3.91. The van der Waals surface area contributed by atoms with E-state index in [0.717, 1.165) is 51.0 Å². The summed E-state index contributed by atoms with van der Waals surface area (Å²) < 4.78 is 37.8. The zero-order valence-corrected chi connectivity index (χ0v) is 12.4. The molecule has 0 bridgehead atoms. The summed E-state index contributed by atoms with van der Waals surface area (Å²) in [5.41, 5.74) is -0.688. The molecule has 22 heavy (non-hydrogen) atoms. The molecular formula is C15H22F3N3O. The molecule has 124 valence electrons. The van der Waals surface area contributed by atoms with Crippen LogP contribution < -0.4 is 5.32 Å². The average Bonchev–Trinajstić information content (AvgIpc) is 2.51. The smallest absolute Gasteiger partial charge is 0.396 e. The minimum atomic E-state index is -4.34. The van der Waals surface area contributed by atoms with Crippen LogP contribution >= 0.6 is 0 Å². The molecule has 1 aliphatic rings. The lowest BCUT2D eigenvalue weighted by Gasteiger charge is -2.31. The van der Waals surface area contributed by atoms with E-state index in [1.54, 1.807) is 0 Å². The van der Waals surface area contributed by atoms with Crippen molar-refractivity contribution in [3.8, 4) is 0 Å². The largest absolute Gasteiger partial charge is 0.416 e. The van der Waals surface area contributed by atoms with Crippen molar-refractivity contribution in [1.82, 2.24) is 9.88 Å². The Labute approximate surface area is 128 Å². The lowest BCUT2D eigenvalue weighted by Crippen LogP contribution is -2.37. The van der Waals surface area contributed by atoms with Crippen LogP contribution in [0.4, 0.5) is 19.0 Å². The van der Waals surface area contributed by atoms with E-state index in [2.05, 4.69) is 15.2 Å². The maximum Gasteiger partial charge on any atom is 0.416 e. The predicted octanol–water partition coefficient (Wildman–Crippen LogP) is 2.61. The van der Waals surface area contributed by atoms with Gasteiger partial charge in [0.1, 0.15) is 5.82 Å². The van der Waals surface area contributed by atoms with Crippen LogP contribution in [0.5, 0.6) is 0 Å². The number of pyridine rings is 1. The minimum Gasteiger partial charge on any atom is -0.396 e. The number of anilines is 1. The maximum absolute atomic E-state index is 12.6. The summed E-state index contributed by atoms with van der Waals surface area (Å²) in [4.78, 5) is 6.20. The first-order chi connectivity index (χ1) is 10.5. The van der Waals surface area contributed by atoms with Gasteiger partial charge in [0.15, 0.2) is 0 Å². The quantitative estimate of drug-likeness (QED) is 0.792. The fourth-order valence-corrected chi connectivity index (χ4v) is 2.73. The Bertz CT molecular complexity index is 468. The number of nitrogens with one attached hydrogen (secondary N) is 1. The third kappa shape index (κ3) is 5.14. The van der Waals surface area contributed by atoms with Gasteiger partial charge in [-0.25, -0.2) is 4.98 Å². The van der Waals surface area contributed by atoms with Gasteiger partial charge in [0.25, 0.3) is 0 Å². The number of piperidine rings is 1. The zero-order chi connectivity index (χ0) is 16.0. The normalized spacial score (nSPS) is 20.1. The van der Waals surface area contributed by atoms with E-state index < -0.39 is 11.7 Å². The van der Waals surface area contributed by atoms with E-state index in [-0.39, 0.29) is 12.4 Å². The van der Waals surface area contributed by atoms with Crippen molar-refractivity contribution in [3.05, 3.63) is 23.9 Å². The Morgan fingerprint density at radius 3 is 2.95 bits per heavy atom. The molecule has 0 unspecified atom stereocenters. The minimum absolute atomic E-state index is 0.225. The molecule has 1 aliphatic heterocycles. The van der Waals surface area contributed by atoms with Gasteiger partial charge in [0.2, 0.25) is 0 Å². The monoisotopic (exact) mass is 317 g/mol. The molecule has 1 atom stereocenters.